The van der Waals surface area contributed by atoms with Gasteiger partial charge in [0.15, 0.2) is 11.5 Å². The van der Waals surface area contributed by atoms with Crippen molar-refractivity contribution in [3.63, 3.8) is 0 Å². The van der Waals surface area contributed by atoms with Crippen molar-refractivity contribution < 1.29 is 23.8 Å². The molecule has 1 aliphatic heterocycles. The first-order valence-corrected chi connectivity index (χ1v) is 12.0. The summed E-state index contributed by atoms with van der Waals surface area (Å²) in [6.07, 6.45) is 5.77. The number of methoxy groups -OCH3 is 2. The lowest BCUT2D eigenvalue weighted by molar-refractivity contribution is -0.141. The van der Waals surface area contributed by atoms with Gasteiger partial charge < -0.3 is 24.4 Å². The van der Waals surface area contributed by atoms with Crippen molar-refractivity contribution in [1.82, 2.24) is 10.2 Å². The first-order valence-electron chi connectivity index (χ1n) is 11.5. The highest BCUT2D eigenvalue weighted by Gasteiger charge is 2.35. The van der Waals surface area contributed by atoms with Crippen LogP contribution in [0.15, 0.2) is 18.2 Å². The molecule has 2 aliphatic rings. The normalized spacial score (nSPS) is 23.9. The van der Waals surface area contributed by atoms with E-state index in [9.17, 15) is 9.59 Å². The first kappa shape index (κ1) is 24.6. The zero-order chi connectivity index (χ0) is 23.1. The summed E-state index contributed by atoms with van der Waals surface area (Å²) in [6, 6.07) is 4.60. The summed E-state index contributed by atoms with van der Waals surface area (Å²) < 4.78 is 16.6. The second-order valence-corrected chi connectivity index (χ2v) is 9.06. The summed E-state index contributed by atoms with van der Waals surface area (Å²) in [5, 5.41) is 3.20. The molecule has 2 amide bonds. The van der Waals surface area contributed by atoms with Crippen molar-refractivity contribution in [1.29, 1.82) is 0 Å². The average Bonchev–Trinajstić information content (AvgIpc) is 3.32. The van der Waals surface area contributed by atoms with E-state index in [0.717, 1.165) is 38.5 Å². The van der Waals surface area contributed by atoms with Gasteiger partial charge in [0.2, 0.25) is 11.8 Å². The highest BCUT2D eigenvalue weighted by Crippen LogP contribution is 2.33. The fraction of sp³-hybridized carbons (Fsp3) is 0.667. The van der Waals surface area contributed by atoms with Gasteiger partial charge in [-0.15, -0.1) is 11.6 Å². The maximum atomic E-state index is 13.6. The Morgan fingerprint density at radius 1 is 1.16 bits per heavy atom. The molecule has 32 heavy (non-hydrogen) atoms. The minimum Gasteiger partial charge on any atom is -0.493 e. The Morgan fingerprint density at radius 2 is 1.88 bits per heavy atom. The fourth-order valence-electron chi connectivity index (χ4n) is 4.62. The third kappa shape index (κ3) is 6.07. The maximum absolute atomic E-state index is 13.6. The Kier molecular flexibility index (Phi) is 9.05. The molecule has 2 fully saturated rings. The number of ether oxygens (including phenoxy) is 3. The van der Waals surface area contributed by atoms with Crippen LogP contribution >= 0.6 is 11.6 Å². The van der Waals surface area contributed by atoms with Crippen molar-refractivity contribution in [2.24, 2.45) is 5.92 Å². The van der Waals surface area contributed by atoms with E-state index in [-0.39, 0.29) is 29.8 Å². The molecule has 0 bridgehead atoms. The molecule has 0 aromatic heterocycles. The van der Waals surface area contributed by atoms with Crippen LogP contribution in [0.25, 0.3) is 0 Å². The Labute approximate surface area is 195 Å². The number of carbonyl (C=O) groups excluding carboxylic acids is 2. The maximum Gasteiger partial charge on any atom is 0.247 e. The summed E-state index contributed by atoms with van der Waals surface area (Å²) in [5.74, 6) is 1.04. The number of nitrogens with zero attached hydrogens (tertiary/aromatic N) is 1. The monoisotopic (exact) mass is 466 g/mol. The van der Waals surface area contributed by atoms with Crippen LogP contribution in [0.4, 0.5) is 0 Å². The topological polar surface area (TPSA) is 77.1 Å². The van der Waals surface area contributed by atoms with Crippen LogP contribution in [0.2, 0.25) is 0 Å². The van der Waals surface area contributed by atoms with Gasteiger partial charge in [0, 0.05) is 19.2 Å². The summed E-state index contributed by atoms with van der Waals surface area (Å²) in [6.45, 7) is 3.23. The second kappa shape index (κ2) is 11.8. The molecule has 0 radical (unpaired) electrons. The Bertz CT molecular complexity index is 776. The third-order valence-corrected chi connectivity index (χ3v) is 6.73. The molecule has 1 aliphatic carbocycles. The predicted octanol–water partition coefficient (Wildman–Crippen LogP) is 3.69. The average molecular weight is 467 g/mol. The molecule has 3 rings (SSSR count). The van der Waals surface area contributed by atoms with Gasteiger partial charge in [0.1, 0.15) is 11.9 Å². The van der Waals surface area contributed by atoms with Gasteiger partial charge in [-0.1, -0.05) is 13.0 Å². The SMILES string of the molecule is COc1ccc(C(C(=O)NC2CCC(C)CC2)N(CC2CCCO2)C(=O)CCl)cc1OC. The number of carbonyl (C=O) groups is 2. The van der Waals surface area contributed by atoms with Gasteiger partial charge in [-0.05, 0) is 62.1 Å². The van der Waals surface area contributed by atoms with E-state index in [1.807, 2.05) is 0 Å². The third-order valence-electron chi connectivity index (χ3n) is 6.50. The van der Waals surface area contributed by atoms with Gasteiger partial charge in [-0.3, -0.25) is 9.59 Å². The number of amides is 2. The van der Waals surface area contributed by atoms with Gasteiger partial charge in [-0.25, -0.2) is 0 Å². The Morgan fingerprint density at radius 3 is 2.47 bits per heavy atom. The van der Waals surface area contributed by atoms with E-state index in [0.29, 0.717) is 36.1 Å². The van der Waals surface area contributed by atoms with Crippen molar-refractivity contribution in [2.45, 2.75) is 63.6 Å². The molecule has 2 unspecified atom stereocenters. The van der Waals surface area contributed by atoms with Gasteiger partial charge in [0.25, 0.3) is 0 Å². The molecule has 1 heterocycles. The summed E-state index contributed by atoms with van der Waals surface area (Å²) in [7, 11) is 3.11. The van der Waals surface area contributed by atoms with Crippen LogP contribution in [0.3, 0.4) is 0 Å². The fourth-order valence-corrected chi connectivity index (χ4v) is 4.77. The lowest BCUT2D eigenvalue weighted by atomic mass is 9.87. The Hall–Kier alpha value is -1.99. The lowest BCUT2D eigenvalue weighted by Crippen LogP contribution is -2.49. The van der Waals surface area contributed by atoms with E-state index in [1.165, 1.54) is 0 Å². The number of rotatable bonds is 9. The molecular formula is C24H35ClN2O5. The molecule has 7 nitrogen and oxygen atoms in total. The second-order valence-electron chi connectivity index (χ2n) is 8.80. The predicted molar refractivity (Wildman–Crippen MR) is 123 cm³/mol. The number of halogens is 1. The van der Waals surface area contributed by atoms with E-state index >= 15 is 0 Å². The largest absolute Gasteiger partial charge is 0.493 e. The number of hydrogen-bond donors (Lipinski definition) is 1. The standard InChI is InChI=1S/C24H35ClN2O5/c1-16-6-9-18(10-7-16)26-24(29)23(17-8-11-20(30-2)21(13-17)31-3)27(22(28)14-25)15-19-5-4-12-32-19/h8,11,13,16,18-19,23H,4-7,9-10,12,14-15H2,1-3H3,(H,26,29). The zero-order valence-corrected chi connectivity index (χ0v) is 20.0. The molecular weight excluding hydrogens is 432 g/mol. The molecule has 178 valence electrons. The summed E-state index contributed by atoms with van der Waals surface area (Å²) in [4.78, 5) is 28.1. The van der Waals surface area contributed by atoms with Crippen molar-refractivity contribution >= 4 is 23.4 Å². The van der Waals surface area contributed by atoms with E-state index < -0.39 is 6.04 Å². The van der Waals surface area contributed by atoms with Crippen molar-refractivity contribution in [3.8, 4) is 11.5 Å². The quantitative estimate of drug-likeness (QED) is 0.562. The van der Waals surface area contributed by atoms with E-state index in [2.05, 4.69) is 12.2 Å². The lowest BCUT2D eigenvalue weighted by Gasteiger charge is -2.35. The first-order chi connectivity index (χ1) is 15.5. The molecule has 1 N–H and O–H groups in total. The molecule has 2 atom stereocenters. The van der Waals surface area contributed by atoms with Crippen LogP contribution < -0.4 is 14.8 Å². The molecule has 8 heteroatoms. The highest BCUT2D eigenvalue weighted by molar-refractivity contribution is 6.27. The minimum absolute atomic E-state index is 0.104. The van der Waals surface area contributed by atoms with Crippen LogP contribution in [0.1, 0.15) is 57.1 Å². The van der Waals surface area contributed by atoms with Crippen LogP contribution in [0.5, 0.6) is 11.5 Å². The van der Waals surface area contributed by atoms with Gasteiger partial charge >= 0.3 is 0 Å². The van der Waals surface area contributed by atoms with Crippen LogP contribution in [-0.4, -0.2) is 62.1 Å². The molecule has 1 saturated carbocycles. The molecule has 0 spiro atoms. The summed E-state index contributed by atoms with van der Waals surface area (Å²) >= 11 is 5.97. The van der Waals surface area contributed by atoms with Crippen molar-refractivity contribution in [2.75, 3.05) is 33.3 Å². The van der Waals surface area contributed by atoms with Crippen LogP contribution in [-0.2, 0) is 14.3 Å². The van der Waals surface area contributed by atoms with Crippen molar-refractivity contribution in [3.05, 3.63) is 23.8 Å². The van der Waals surface area contributed by atoms with E-state index in [4.69, 9.17) is 25.8 Å². The smallest absolute Gasteiger partial charge is 0.247 e. The molecule has 1 aromatic carbocycles. The zero-order valence-electron chi connectivity index (χ0n) is 19.3. The van der Waals surface area contributed by atoms with E-state index in [1.54, 1.807) is 37.3 Å². The molecule has 1 saturated heterocycles. The molecule has 1 aromatic rings. The number of hydrogen-bond acceptors (Lipinski definition) is 5. The summed E-state index contributed by atoms with van der Waals surface area (Å²) in [5.41, 5.74) is 0.654. The van der Waals surface area contributed by atoms with Gasteiger partial charge in [0.05, 0.1) is 20.3 Å². The van der Waals surface area contributed by atoms with Gasteiger partial charge in [-0.2, -0.15) is 0 Å². The minimum atomic E-state index is -0.829. The number of alkyl halides is 1. The van der Waals surface area contributed by atoms with Crippen LogP contribution in [0, 0.1) is 5.92 Å². The number of benzene rings is 1. The Balaban J connectivity index is 1.92. The number of nitrogens with one attached hydrogen (secondary N) is 1. The highest BCUT2D eigenvalue weighted by atomic mass is 35.5.